The van der Waals surface area contributed by atoms with Crippen molar-refractivity contribution in [1.82, 2.24) is 4.98 Å². The molecule has 8 heteroatoms. The van der Waals surface area contributed by atoms with Crippen LogP contribution in [-0.4, -0.2) is 19.9 Å². The molecular formula is C18H15AcBrN3O2S-. The smallest absolute Gasteiger partial charge is 0.261 e. The molecule has 0 fully saturated rings. The van der Waals surface area contributed by atoms with Gasteiger partial charge in [-0.05, 0) is 46.6 Å². The van der Waals surface area contributed by atoms with Gasteiger partial charge in [-0.15, -0.1) is 12.2 Å². The summed E-state index contributed by atoms with van der Waals surface area (Å²) in [4.78, 5) is 4.59. The van der Waals surface area contributed by atoms with E-state index < -0.39 is 10.0 Å². The van der Waals surface area contributed by atoms with Crippen LogP contribution in [0.2, 0.25) is 0 Å². The topological polar surface area (TPSA) is 73.2 Å². The van der Waals surface area contributed by atoms with Crippen LogP contribution in [0.4, 0.5) is 11.4 Å². The van der Waals surface area contributed by atoms with Crippen LogP contribution in [0.15, 0.2) is 58.0 Å². The molecule has 0 unspecified atom stereocenters. The van der Waals surface area contributed by atoms with E-state index in [1.807, 2.05) is 18.2 Å². The third-order valence-corrected chi connectivity index (χ3v) is 6.18. The second-order valence-corrected chi connectivity index (χ2v) is 8.45. The Kier molecular flexibility index (Phi) is 6.28. The number of aryl methyl sites for hydroxylation is 1. The van der Waals surface area contributed by atoms with Gasteiger partial charge in [0.25, 0.3) is 10.0 Å². The van der Waals surface area contributed by atoms with Gasteiger partial charge in [0, 0.05) is 53.9 Å². The maximum absolute atomic E-state index is 12.7. The zero-order chi connectivity index (χ0) is 17.4. The summed E-state index contributed by atoms with van der Waals surface area (Å²) in [7, 11) is -3.67. The Bertz CT molecular complexity index is 1070. The predicted molar refractivity (Wildman–Crippen MR) is 103 cm³/mol. The number of sulfonamides is 1. The molecule has 5 nitrogen and oxygen atoms in total. The summed E-state index contributed by atoms with van der Waals surface area (Å²) >= 11 is 3.44. The maximum Gasteiger partial charge on any atom is 0.261 e. The Morgan fingerprint density at radius 2 is 2.00 bits per heavy atom. The molecule has 1 radical (unpaired) electrons. The van der Waals surface area contributed by atoms with Gasteiger partial charge in [-0.2, -0.15) is 0 Å². The molecule has 0 bridgehead atoms. The van der Waals surface area contributed by atoms with Crippen LogP contribution >= 0.6 is 15.9 Å². The second kappa shape index (κ2) is 8.14. The fourth-order valence-electron chi connectivity index (χ4n) is 2.95. The molecule has 1 N–H and O–H groups in total. The Morgan fingerprint density at radius 3 is 2.85 bits per heavy atom. The second-order valence-electron chi connectivity index (χ2n) is 5.92. The van der Waals surface area contributed by atoms with Crippen molar-refractivity contribution in [2.75, 3.05) is 11.3 Å². The number of halogens is 1. The number of nitrogens with one attached hydrogen (secondary N) is 1. The SMILES string of the molecule is O=S(=O)(Nc1cnc2c(Br)cccc2c1)c1ccc2c(c1)CCC[N-]2.[Ac]. The number of hydrogen-bond donors (Lipinski definition) is 1. The number of nitrogens with zero attached hydrogens (tertiary/aromatic N) is 2. The molecule has 3 aromatic rings. The number of para-hydroxylation sites is 1. The number of rotatable bonds is 3. The first kappa shape index (κ1) is 20.1. The van der Waals surface area contributed by atoms with Crippen LogP contribution in [-0.2, 0) is 16.4 Å². The summed E-state index contributed by atoms with van der Waals surface area (Å²) in [5.74, 6) is 0. The first-order valence-electron chi connectivity index (χ1n) is 7.90. The van der Waals surface area contributed by atoms with E-state index in [4.69, 9.17) is 0 Å². The quantitative estimate of drug-likeness (QED) is 0.448. The van der Waals surface area contributed by atoms with Crippen LogP contribution in [0, 0.1) is 44.1 Å². The van der Waals surface area contributed by atoms with Gasteiger partial charge in [0.2, 0.25) is 0 Å². The van der Waals surface area contributed by atoms with E-state index in [9.17, 15) is 8.42 Å². The van der Waals surface area contributed by atoms with Gasteiger partial charge in [-0.25, -0.2) is 8.42 Å². The molecule has 0 aliphatic carbocycles. The molecule has 2 aromatic carbocycles. The Labute approximate surface area is 196 Å². The molecule has 1 aromatic heterocycles. The van der Waals surface area contributed by atoms with Crippen LogP contribution < -0.4 is 4.72 Å². The van der Waals surface area contributed by atoms with Crippen molar-refractivity contribution in [3.8, 4) is 0 Å². The summed E-state index contributed by atoms with van der Waals surface area (Å²) in [6, 6.07) is 12.5. The minimum absolute atomic E-state index is 0. The van der Waals surface area contributed by atoms with Crippen LogP contribution in [0.1, 0.15) is 12.0 Å². The number of fused-ring (bicyclic) bond motifs is 2. The third kappa shape index (κ3) is 4.09. The van der Waals surface area contributed by atoms with Crippen molar-refractivity contribution < 1.29 is 52.5 Å². The summed E-state index contributed by atoms with van der Waals surface area (Å²) in [6.07, 6.45) is 3.33. The Hall–Kier alpha value is -0.678. The van der Waals surface area contributed by atoms with Gasteiger partial charge in [0.05, 0.1) is 22.3 Å². The Morgan fingerprint density at radius 1 is 1.15 bits per heavy atom. The fraction of sp³-hybridized carbons (Fsp3) is 0.167. The first-order valence-corrected chi connectivity index (χ1v) is 10.2. The molecule has 1 aliphatic rings. The average Bonchev–Trinajstić information content (AvgIpc) is 2.61. The molecule has 0 saturated carbocycles. The van der Waals surface area contributed by atoms with E-state index in [0.29, 0.717) is 5.69 Å². The summed E-state index contributed by atoms with van der Waals surface area (Å²) < 4.78 is 28.9. The van der Waals surface area contributed by atoms with Crippen LogP contribution in [0.25, 0.3) is 16.2 Å². The van der Waals surface area contributed by atoms with E-state index in [1.54, 1.807) is 24.3 Å². The normalized spacial score (nSPS) is 13.4. The molecule has 0 amide bonds. The fourth-order valence-corrected chi connectivity index (χ4v) is 4.51. The van der Waals surface area contributed by atoms with Gasteiger partial charge in [0.15, 0.2) is 0 Å². The van der Waals surface area contributed by atoms with Crippen molar-refractivity contribution in [2.24, 2.45) is 0 Å². The van der Waals surface area contributed by atoms with Gasteiger partial charge in [0.1, 0.15) is 0 Å². The van der Waals surface area contributed by atoms with Gasteiger partial charge in [-0.1, -0.05) is 30.2 Å². The van der Waals surface area contributed by atoms with Crippen LogP contribution in [0.5, 0.6) is 0 Å². The van der Waals surface area contributed by atoms with E-state index in [1.165, 1.54) is 6.20 Å². The van der Waals surface area contributed by atoms with Crippen LogP contribution in [0.3, 0.4) is 0 Å². The zero-order valence-electron chi connectivity index (χ0n) is 13.8. The van der Waals surface area contributed by atoms with Gasteiger partial charge < -0.3 is 5.32 Å². The van der Waals surface area contributed by atoms with Crippen molar-refractivity contribution in [3.63, 3.8) is 0 Å². The van der Waals surface area contributed by atoms with Crippen molar-refractivity contribution in [2.45, 2.75) is 17.7 Å². The molecule has 0 saturated heterocycles. The standard InChI is InChI=1S/C18H15BrN3O2S.Ac/c19-16-5-1-3-13-9-14(11-21-18(13)16)22-25(23,24)15-6-7-17-12(10-15)4-2-8-20-17;/h1,3,5-7,9-11,22H,2,4,8H2;/q-1;. The molecular weight excluding hydrogens is 629 g/mol. The molecule has 1 aliphatic heterocycles. The van der Waals surface area contributed by atoms with Gasteiger partial charge >= 0.3 is 0 Å². The van der Waals surface area contributed by atoms with E-state index in [2.05, 4.69) is 31.0 Å². The number of pyridine rings is 1. The molecule has 0 atom stereocenters. The molecule has 26 heavy (non-hydrogen) atoms. The van der Waals surface area contributed by atoms with Gasteiger partial charge in [-0.3, -0.25) is 9.71 Å². The largest absolute Gasteiger partial charge is 0.684 e. The maximum atomic E-state index is 12.7. The zero-order valence-corrected chi connectivity index (χ0v) is 21.0. The number of aromatic nitrogens is 1. The van der Waals surface area contributed by atoms with Crippen molar-refractivity contribution in [3.05, 3.63) is 64.0 Å². The molecule has 0 spiro atoms. The predicted octanol–water partition coefficient (Wildman–Crippen LogP) is 4.75. The number of anilines is 1. The van der Waals surface area contributed by atoms with E-state index in [0.717, 1.165) is 46.0 Å². The summed E-state index contributed by atoms with van der Waals surface area (Å²) in [5, 5.41) is 5.27. The van der Waals surface area contributed by atoms with E-state index in [-0.39, 0.29) is 49.0 Å². The van der Waals surface area contributed by atoms with Crippen molar-refractivity contribution in [1.29, 1.82) is 0 Å². The molecule has 131 valence electrons. The minimum atomic E-state index is -3.67. The summed E-state index contributed by atoms with van der Waals surface area (Å²) in [5.41, 5.74) is 3.10. The van der Waals surface area contributed by atoms with Crippen molar-refractivity contribution >= 4 is 48.2 Å². The summed E-state index contributed by atoms with van der Waals surface area (Å²) in [6.45, 7) is 0.801. The van der Waals surface area contributed by atoms with E-state index >= 15 is 0 Å². The number of benzene rings is 2. The first-order chi connectivity index (χ1) is 12.0. The Balaban J connectivity index is 0.00000196. The molecule has 4 rings (SSSR count). The number of hydrogen-bond acceptors (Lipinski definition) is 3. The average molecular weight is 644 g/mol. The minimum Gasteiger partial charge on any atom is -0.684 e. The molecule has 2 heterocycles. The monoisotopic (exact) mass is 643 g/mol. The third-order valence-electron chi connectivity index (χ3n) is 4.16.